The SMILES string of the molecule is COc1cccc(C(=O)Nc2cccc(C(=O)NCC(C)C)c2)c1C. The molecule has 2 aromatic rings. The van der Waals surface area contributed by atoms with Crippen LogP contribution in [0.15, 0.2) is 42.5 Å². The summed E-state index contributed by atoms with van der Waals surface area (Å²) < 4.78 is 5.25. The van der Waals surface area contributed by atoms with Gasteiger partial charge < -0.3 is 15.4 Å². The number of hydrogen-bond donors (Lipinski definition) is 2. The van der Waals surface area contributed by atoms with Gasteiger partial charge in [-0.15, -0.1) is 0 Å². The van der Waals surface area contributed by atoms with Gasteiger partial charge in [-0.05, 0) is 43.2 Å². The maximum atomic E-state index is 12.5. The lowest BCUT2D eigenvalue weighted by atomic mass is 10.1. The number of rotatable bonds is 6. The summed E-state index contributed by atoms with van der Waals surface area (Å²) in [7, 11) is 1.57. The minimum absolute atomic E-state index is 0.151. The average Bonchev–Trinajstić information content (AvgIpc) is 2.60. The van der Waals surface area contributed by atoms with Gasteiger partial charge in [-0.3, -0.25) is 9.59 Å². The van der Waals surface area contributed by atoms with Crippen LogP contribution in [-0.4, -0.2) is 25.5 Å². The van der Waals surface area contributed by atoms with Gasteiger partial charge in [-0.25, -0.2) is 0 Å². The van der Waals surface area contributed by atoms with Crippen LogP contribution < -0.4 is 15.4 Å². The molecule has 132 valence electrons. The number of nitrogens with one attached hydrogen (secondary N) is 2. The molecule has 0 heterocycles. The summed E-state index contributed by atoms with van der Waals surface area (Å²) in [5, 5.41) is 5.70. The highest BCUT2D eigenvalue weighted by atomic mass is 16.5. The molecule has 0 radical (unpaired) electrons. The van der Waals surface area contributed by atoms with E-state index in [1.807, 2.05) is 26.8 Å². The molecule has 0 aliphatic rings. The Balaban J connectivity index is 2.14. The highest BCUT2D eigenvalue weighted by Gasteiger charge is 2.13. The van der Waals surface area contributed by atoms with Crippen LogP contribution in [0.4, 0.5) is 5.69 Å². The smallest absolute Gasteiger partial charge is 0.256 e. The molecule has 25 heavy (non-hydrogen) atoms. The van der Waals surface area contributed by atoms with Crippen LogP contribution in [0.3, 0.4) is 0 Å². The summed E-state index contributed by atoms with van der Waals surface area (Å²) in [6, 6.07) is 12.2. The molecule has 0 aromatic heterocycles. The molecule has 0 atom stereocenters. The predicted molar refractivity (Wildman–Crippen MR) is 99.3 cm³/mol. The van der Waals surface area contributed by atoms with E-state index < -0.39 is 0 Å². The number of carbonyl (C=O) groups is 2. The number of methoxy groups -OCH3 is 1. The highest BCUT2D eigenvalue weighted by Crippen LogP contribution is 2.22. The Kier molecular flexibility index (Phi) is 6.17. The van der Waals surface area contributed by atoms with E-state index in [2.05, 4.69) is 10.6 Å². The van der Waals surface area contributed by atoms with Crippen molar-refractivity contribution in [2.75, 3.05) is 19.0 Å². The van der Waals surface area contributed by atoms with Crippen LogP contribution in [0, 0.1) is 12.8 Å². The first kappa shape index (κ1) is 18.5. The first-order chi connectivity index (χ1) is 11.9. The summed E-state index contributed by atoms with van der Waals surface area (Å²) >= 11 is 0. The molecule has 0 spiro atoms. The molecule has 2 N–H and O–H groups in total. The van der Waals surface area contributed by atoms with Gasteiger partial charge in [0.2, 0.25) is 0 Å². The van der Waals surface area contributed by atoms with Gasteiger partial charge >= 0.3 is 0 Å². The summed E-state index contributed by atoms with van der Waals surface area (Å²) in [4.78, 5) is 24.7. The van der Waals surface area contributed by atoms with Crippen LogP contribution in [0.25, 0.3) is 0 Å². The Morgan fingerprint density at radius 3 is 2.48 bits per heavy atom. The van der Waals surface area contributed by atoms with E-state index in [0.717, 1.165) is 5.56 Å². The minimum atomic E-state index is -0.240. The van der Waals surface area contributed by atoms with Crippen molar-refractivity contribution < 1.29 is 14.3 Å². The molecule has 2 amide bonds. The number of benzene rings is 2. The van der Waals surface area contributed by atoms with Gasteiger partial charge in [0.15, 0.2) is 0 Å². The monoisotopic (exact) mass is 340 g/mol. The summed E-state index contributed by atoms with van der Waals surface area (Å²) in [5.74, 6) is 0.649. The first-order valence-corrected chi connectivity index (χ1v) is 8.25. The molecule has 0 aliphatic carbocycles. The minimum Gasteiger partial charge on any atom is -0.496 e. The Labute approximate surface area is 148 Å². The second-order valence-corrected chi connectivity index (χ2v) is 6.27. The van der Waals surface area contributed by atoms with Crippen LogP contribution >= 0.6 is 0 Å². The molecular weight excluding hydrogens is 316 g/mol. The summed E-state index contributed by atoms with van der Waals surface area (Å²) in [6.07, 6.45) is 0. The van der Waals surface area contributed by atoms with Gasteiger partial charge in [0.1, 0.15) is 5.75 Å². The van der Waals surface area contributed by atoms with Crippen molar-refractivity contribution in [2.45, 2.75) is 20.8 Å². The first-order valence-electron chi connectivity index (χ1n) is 8.25. The quantitative estimate of drug-likeness (QED) is 0.843. The van der Waals surface area contributed by atoms with E-state index in [9.17, 15) is 9.59 Å². The molecule has 0 saturated carbocycles. The van der Waals surface area contributed by atoms with Gasteiger partial charge in [0, 0.05) is 28.9 Å². The van der Waals surface area contributed by atoms with E-state index >= 15 is 0 Å². The van der Waals surface area contributed by atoms with Gasteiger partial charge in [-0.1, -0.05) is 26.0 Å². The van der Waals surface area contributed by atoms with Crippen LogP contribution in [0.2, 0.25) is 0 Å². The van der Waals surface area contributed by atoms with Crippen molar-refractivity contribution in [3.05, 3.63) is 59.2 Å². The standard InChI is InChI=1S/C20H24N2O3/c1-13(2)12-21-19(23)15-7-5-8-16(11-15)22-20(24)17-9-6-10-18(25-4)14(17)3/h5-11,13H,12H2,1-4H3,(H,21,23)(H,22,24). The zero-order chi connectivity index (χ0) is 18.4. The summed E-state index contributed by atoms with van der Waals surface area (Å²) in [5.41, 5.74) is 2.40. The zero-order valence-electron chi connectivity index (χ0n) is 15.1. The molecule has 2 rings (SSSR count). The van der Waals surface area contributed by atoms with Gasteiger partial charge in [0.25, 0.3) is 11.8 Å². The van der Waals surface area contributed by atoms with E-state index in [1.54, 1.807) is 43.5 Å². The lowest BCUT2D eigenvalue weighted by molar-refractivity contribution is 0.0947. The fourth-order valence-electron chi connectivity index (χ4n) is 2.42. The fraction of sp³-hybridized carbons (Fsp3) is 0.300. The maximum Gasteiger partial charge on any atom is 0.256 e. The van der Waals surface area contributed by atoms with Gasteiger partial charge in [-0.2, -0.15) is 0 Å². The number of ether oxygens (including phenoxy) is 1. The maximum absolute atomic E-state index is 12.5. The van der Waals surface area contributed by atoms with Crippen molar-refractivity contribution in [3.8, 4) is 5.75 Å². The molecule has 0 saturated heterocycles. The third-order valence-electron chi connectivity index (χ3n) is 3.80. The van der Waals surface area contributed by atoms with Crippen molar-refractivity contribution >= 4 is 17.5 Å². The number of hydrogen-bond acceptors (Lipinski definition) is 3. The largest absolute Gasteiger partial charge is 0.496 e. The second-order valence-electron chi connectivity index (χ2n) is 6.27. The lowest BCUT2D eigenvalue weighted by Crippen LogP contribution is -2.27. The van der Waals surface area contributed by atoms with Gasteiger partial charge in [0.05, 0.1) is 7.11 Å². The third-order valence-corrected chi connectivity index (χ3v) is 3.80. The summed E-state index contributed by atoms with van der Waals surface area (Å²) in [6.45, 7) is 6.52. The second kappa shape index (κ2) is 8.33. The Morgan fingerprint density at radius 1 is 1.08 bits per heavy atom. The topological polar surface area (TPSA) is 67.4 Å². The third kappa shape index (κ3) is 4.83. The van der Waals surface area contributed by atoms with Crippen molar-refractivity contribution in [3.63, 3.8) is 0 Å². The molecule has 5 nitrogen and oxygen atoms in total. The molecule has 0 fully saturated rings. The van der Waals surface area contributed by atoms with E-state index in [4.69, 9.17) is 4.74 Å². The molecule has 0 bridgehead atoms. The number of amides is 2. The highest BCUT2D eigenvalue weighted by molar-refractivity contribution is 6.06. The fourth-order valence-corrected chi connectivity index (χ4v) is 2.42. The average molecular weight is 340 g/mol. The molecule has 0 unspecified atom stereocenters. The lowest BCUT2D eigenvalue weighted by Gasteiger charge is -2.12. The normalized spacial score (nSPS) is 10.4. The van der Waals surface area contributed by atoms with Crippen LogP contribution in [0.1, 0.15) is 40.1 Å². The van der Waals surface area contributed by atoms with Crippen molar-refractivity contribution in [1.82, 2.24) is 5.32 Å². The van der Waals surface area contributed by atoms with Crippen molar-refractivity contribution in [1.29, 1.82) is 0 Å². The molecular formula is C20H24N2O3. The van der Waals surface area contributed by atoms with Crippen LogP contribution in [-0.2, 0) is 0 Å². The molecule has 0 aliphatic heterocycles. The molecule has 2 aromatic carbocycles. The van der Waals surface area contributed by atoms with Crippen molar-refractivity contribution in [2.24, 2.45) is 5.92 Å². The Bertz CT molecular complexity index is 769. The number of carbonyl (C=O) groups excluding carboxylic acids is 2. The molecule has 5 heteroatoms. The van der Waals surface area contributed by atoms with E-state index in [1.165, 1.54) is 0 Å². The Morgan fingerprint density at radius 2 is 1.80 bits per heavy atom. The van der Waals surface area contributed by atoms with Crippen LogP contribution in [0.5, 0.6) is 5.75 Å². The van der Waals surface area contributed by atoms with E-state index in [0.29, 0.717) is 35.0 Å². The number of anilines is 1. The predicted octanol–water partition coefficient (Wildman–Crippen LogP) is 3.64. The van der Waals surface area contributed by atoms with E-state index in [-0.39, 0.29) is 11.8 Å². The zero-order valence-corrected chi connectivity index (χ0v) is 15.1. The Hall–Kier alpha value is -2.82.